The number of aliphatic hydroxyl groups excluding tert-OH is 1. The molecule has 2 aromatic carbocycles. The van der Waals surface area contributed by atoms with Crippen LogP contribution in [0.4, 0.5) is 13.2 Å². The van der Waals surface area contributed by atoms with E-state index in [1.807, 2.05) is 0 Å². The first-order chi connectivity index (χ1) is 11.2. The molecule has 126 valence electrons. The molecule has 0 amide bonds. The zero-order valence-corrected chi connectivity index (χ0v) is 13.8. The van der Waals surface area contributed by atoms with Gasteiger partial charge in [0.15, 0.2) is 6.10 Å². The van der Waals surface area contributed by atoms with Gasteiger partial charge in [0.1, 0.15) is 11.6 Å². The standard InChI is InChI=1S/C16H11Cl2F3N2O/c1-8-22-13-6-11(17)12(18)7-14(13)23(8)16(20,21)15(24)9-2-4-10(19)5-3-9/h2-7,15,24H,1H3. The van der Waals surface area contributed by atoms with Crippen LogP contribution < -0.4 is 0 Å². The first kappa shape index (κ1) is 17.1. The summed E-state index contributed by atoms with van der Waals surface area (Å²) < 4.78 is 43.3. The molecule has 1 atom stereocenters. The Balaban J connectivity index is 2.15. The van der Waals surface area contributed by atoms with Crippen LogP contribution in [0.3, 0.4) is 0 Å². The van der Waals surface area contributed by atoms with Gasteiger partial charge >= 0.3 is 6.05 Å². The molecule has 3 rings (SSSR count). The van der Waals surface area contributed by atoms with Crippen LogP contribution in [0.1, 0.15) is 17.5 Å². The lowest BCUT2D eigenvalue weighted by Crippen LogP contribution is -2.31. The van der Waals surface area contributed by atoms with Crippen molar-refractivity contribution in [2.75, 3.05) is 0 Å². The minimum atomic E-state index is -3.73. The molecule has 24 heavy (non-hydrogen) atoms. The van der Waals surface area contributed by atoms with Crippen molar-refractivity contribution in [1.82, 2.24) is 9.55 Å². The van der Waals surface area contributed by atoms with Gasteiger partial charge in [-0.25, -0.2) is 9.37 Å². The third-order valence-corrected chi connectivity index (χ3v) is 4.40. The predicted molar refractivity (Wildman–Crippen MR) is 86.0 cm³/mol. The van der Waals surface area contributed by atoms with Crippen LogP contribution in [0, 0.1) is 12.7 Å². The Labute approximate surface area is 145 Å². The molecular weight excluding hydrogens is 364 g/mol. The molecule has 8 heteroatoms. The van der Waals surface area contributed by atoms with Gasteiger partial charge in [-0.3, -0.25) is 4.57 Å². The van der Waals surface area contributed by atoms with Gasteiger partial charge < -0.3 is 5.11 Å². The number of rotatable bonds is 3. The third-order valence-electron chi connectivity index (χ3n) is 3.68. The minimum absolute atomic E-state index is 0.0190. The molecule has 0 bridgehead atoms. The molecular formula is C16H11Cl2F3N2O. The van der Waals surface area contributed by atoms with Crippen molar-refractivity contribution in [3.8, 4) is 0 Å². The smallest absolute Gasteiger partial charge is 0.360 e. The van der Waals surface area contributed by atoms with Gasteiger partial charge in [-0.2, -0.15) is 8.78 Å². The normalized spacial score (nSPS) is 13.5. The number of imidazole rings is 1. The van der Waals surface area contributed by atoms with Crippen molar-refractivity contribution < 1.29 is 18.3 Å². The molecule has 3 aromatic rings. The summed E-state index contributed by atoms with van der Waals surface area (Å²) in [6.07, 6.45) is -2.19. The van der Waals surface area contributed by atoms with E-state index in [1.54, 1.807) is 0 Å². The number of hydrogen-bond donors (Lipinski definition) is 1. The first-order valence-electron chi connectivity index (χ1n) is 6.87. The molecule has 0 saturated heterocycles. The fourth-order valence-corrected chi connectivity index (χ4v) is 2.85. The average molecular weight is 375 g/mol. The Morgan fingerprint density at radius 1 is 1.12 bits per heavy atom. The van der Waals surface area contributed by atoms with E-state index in [0.29, 0.717) is 4.57 Å². The summed E-state index contributed by atoms with van der Waals surface area (Å²) in [5.74, 6) is -0.602. The van der Waals surface area contributed by atoms with Gasteiger partial charge in [0.25, 0.3) is 0 Å². The number of aliphatic hydroxyl groups is 1. The zero-order chi connectivity index (χ0) is 17.6. The van der Waals surface area contributed by atoms with E-state index in [1.165, 1.54) is 19.1 Å². The molecule has 3 nitrogen and oxygen atoms in total. The van der Waals surface area contributed by atoms with Gasteiger partial charge in [0.05, 0.1) is 21.1 Å². The largest absolute Gasteiger partial charge is 0.380 e. The number of fused-ring (bicyclic) bond motifs is 1. The monoisotopic (exact) mass is 374 g/mol. The topological polar surface area (TPSA) is 38.0 Å². The zero-order valence-electron chi connectivity index (χ0n) is 12.3. The highest BCUT2D eigenvalue weighted by molar-refractivity contribution is 6.42. The van der Waals surface area contributed by atoms with Crippen LogP contribution >= 0.6 is 23.2 Å². The molecule has 0 aliphatic heterocycles. The molecule has 1 unspecified atom stereocenters. The Bertz CT molecular complexity index is 910. The second-order valence-electron chi connectivity index (χ2n) is 5.29. The lowest BCUT2D eigenvalue weighted by atomic mass is 10.1. The maximum atomic E-state index is 14.9. The van der Waals surface area contributed by atoms with Gasteiger partial charge in [0.2, 0.25) is 0 Å². The Hall–Kier alpha value is -1.76. The summed E-state index contributed by atoms with van der Waals surface area (Å²) in [5, 5.41) is 10.4. The van der Waals surface area contributed by atoms with Gasteiger partial charge in [-0.15, -0.1) is 0 Å². The summed E-state index contributed by atoms with van der Waals surface area (Å²) in [4.78, 5) is 4.04. The Morgan fingerprint density at radius 3 is 2.33 bits per heavy atom. The fraction of sp³-hybridized carbons (Fsp3) is 0.188. The highest BCUT2D eigenvalue weighted by atomic mass is 35.5. The highest BCUT2D eigenvalue weighted by Gasteiger charge is 2.43. The summed E-state index contributed by atoms with van der Waals surface area (Å²) in [7, 11) is 0. The fourth-order valence-electron chi connectivity index (χ4n) is 2.54. The molecule has 1 aromatic heterocycles. The Morgan fingerprint density at radius 2 is 1.71 bits per heavy atom. The van der Waals surface area contributed by atoms with E-state index in [2.05, 4.69) is 4.98 Å². The molecule has 0 radical (unpaired) electrons. The van der Waals surface area contributed by atoms with Gasteiger partial charge in [0, 0.05) is 0 Å². The number of aryl methyl sites for hydroxylation is 1. The van der Waals surface area contributed by atoms with Crippen LogP contribution in [-0.2, 0) is 6.05 Å². The van der Waals surface area contributed by atoms with Crippen molar-refractivity contribution in [2.24, 2.45) is 0 Å². The van der Waals surface area contributed by atoms with E-state index >= 15 is 0 Å². The average Bonchev–Trinajstić information content (AvgIpc) is 2.83. The van der Waals surface area contributed by atoms with E-state index < -0.39 is 18.0 Å². The van der Waals surface area contributed by atoms with Crippen LogP contribution in [0.15, 0.2) is 36.4 Å². The van der Waals surface area contributed by atoms with E-state index in [4.69, 9.17) is 23.2 Å². The van der Waals surface area contributed by atoms with Crippen LogP contribution in [0.2, 0.25) is 10.0 Å². The second kappa shape index (κ2) is 5.95. The quantitative estimate of drug-likeness (QED) is 0.694. The van der Waals surface area contributed by atoms with Crippen molar-refractivity contribution in [3.63, 3.8) is 0 Å². The lowest BCUT2D eigenvalue weighted by Gasteiger charge is -2.26. The number of nitrogens with zero attached hydrogens (tertiary/aromatic N) is 2. The predicted octanol–water partition coefficient (Wildman–Crippen LogP) is 5.07. The van der Waals surface area contributed by atoms with Crippen LogP contribution in [0.25, 0.3) is 11.0 Å². The summed E-state index contributed by atoms with van der Waals surface area (Å²) >= 11 is 11.8. The van der Waals surface area contributed by atoms with Crippen LogP contribution in [0.5, 0.6) is 0 Å². The van der Waals surface area contributed by atoms with Crippen molar-refractivity contribution in [1.29, 1.82) is 0 Å². The number of aromatic nitrogens is 2. The molecule has 0 spiro atoms. The van der Waals surface area contributed by atoms with E-state index in [-0.39, 0.29) is 32.5 Å². The van der Waals surface area contributed by atoms with E-state index in [0.717, 1.165) is 24.3 Å². The summed E-state index contributed by atoms with van der Waals surface area (Å²) in [5.41, 5.74) is 0.142. The molecule has 0 aliphatic carbocycles. The molecule has 0 fully saturated rings. The summed E-state index contributed by atoms with van der Waals surface area (Å²) in [6, 6.07) is 3.13. The van der Waals surface area contributed by atoms with Gasteiger partial charge in [-0.05, 0) is 36.8 Å². The molecule has 0 saturated carbocycles. The van der Waals surface area contributed by atoms with Gasteiger partial charge in [-0.1, -0.05) is 35.3 Å². The maximum Gasteiger partial charge on any atom is 0.360 e. The number of halogens is 5. The first-order valence-corrected chi connectivity index (χ1v) is 7.63. The lowest BCUT2D eigenvalue weighted by molar-refractivity contribution is -0.173. The molecule has 1 heterocycles. The number of hydrogen-bond acceptors (Lipinski definition) is 2. The minimum Gasteiger partial charge on any atom is -0.380 e. The van der Waals surface area contributed by atoms with Crippen molar-refractivity contribution in [3.05, 3.63) is 63.6 Å². The van der Waals surface area contributed by atoms with E-state index in [9.17, 15) is 18.3 Å². The highest BCUT2D eigenvalue weighted by Crippen LogP contribution is 2.40. The summed E-state index contributed by atoms with van der Waals surface area (Å²) in [6.45, 7) is 1.38. The molecule has 1 N–H and O–H groups in total. The van der Waals surface area contributed by atoms with Crippen LogP contribution in [-0.4, -0.2) is 14.7 Å². The molecule has 0 aliphatic rings. The number of alkyl halides is 2. The van der Waals surface area contributed by atoms with Crippen molar-refractivity contribution in [2.45, 2.75) is 19.1 Å². The maximum absolute atomic E-state index is 14.9. The Kier molecular flexibility index (Phi) is 4.23. The SMILES string of the molecule is Cc1nc2cc(Cl)c(Cl)cc2n1C(F)(F)C(O)c1ccc(F)cc1. The third kappa shape index (κ3) is 2.75. The second-order valence-corrected chi connectivity index (χ2v) is 6.11. The number of benzene rings is 2. The van der Waals surface area contributed by atoms with Crippen molar-refractivity contribution >= 4 is 34.2 Å².